The Balaban J connectivity index is 2.63. The van der Waals surface area contributed by atoms with Crippen molar-refractivity contribution >= 4 is 5.82 Å². The Morgan fingerprint density at radius 2 is 1.95 bits per heavy atom. The van der Waals surface area contributed by atoms with E-state index in [2.05, 4.69) is 20.0 Å². The van der Waals surface area contributed by atoms with Crippen molar-refractivity contribution in [2.45, 2.75) is 32.9 Å². The molecular weight excluding hydrogens is 259 g/mol. The van der Waals surface area contributed by atoms with E-state index in [0.717, 1.165) is 17.7 Å². The molecule has 108 valence electrons. The molecule has 0 aliphatic carbocycles. The highest BCUT2D eigenvalue weighted by atomic mass is 19.4. The van der Waals surface area contributed by atoms with Crippen LogP contribution in [0.25, 0.3) is 0 Å². The molecule has 0 aliphatic rings. The molecule has 0 amide bonds. The molecule has 0 fully saturated rings. The predicted octanol–water partition coefficient (Wildman–Crippen LogP) is 2.51. The minimum absolute atomic E-state index is 0.0467. The van der Waals surface area contributed by atoms with E-state index in [0.29, 0.717) is 11.6 Å². The smallest absolute Gasteiger partial charge is 0.373 e. The SMILES string of the molecule is CCc1nc(CCOCC(F)(F)F)nc(NC)c1C. The van der Waals surface area contributed by atoms with Crippen molar-refractivity contribution in [3.8, 4) is 0 Å². The van der Waals surface area contributed by atoms with Crippen molar-refractivity contribution in [1.29, 1.82) is 0 Å². The van der Waals surface area contributed by atoms with Crippen LogP contribution >= 0.6 is 0 Å². The first-order valence-electron chi connectivity index (χ1n) is 6.06. The van der Waals surface area contributed by atoms with Gasteiger partial charge in [0.15, 0.2) is 0 Å². The van der Waals surface area contributed by atoms with Crippen LogP contribution in [0.1, 0.15) is 24.0 Å². The molecule has 7 heteroatoms. The largest absolute Gasteiger partial charge is 0.411 e. The Bertz CT molecular complexity index is 396. The van der Waals surface area contributed by atoms with Crippen LogP contribution in [0.3, 0.4) is 0 Å². The molecule has 1 aromatic rings. The standard InChI is InChI=1S/C12H18F3N3O/c1-4-9-8(2)11(16-3)18-10(17-9)5-6-19-7-12(13,14)15/h4-7H2,1-3H3,(H,16,17,18). The fourth-order valence-electron chi connectivity index (χ4n) is 1.67. The maximum absolute atomic E-state index is 11.9. The number of ether oxygens (including phenoxy) is 1. The van der Waals surface area contributed by atoms with Crippen LogP contribution in [0, 0.1) is 6.92 Å². The van der Waals surface area contributed by atoms with E-state index in [1.165, 1.54) is 0 Å². The summed E-state index contributed by atoms with van der Waals surface area (Å²) in [5.74, 6) is 1.20. The zero-order chi connectivity index (χ0) is 14.5. The Labute approximate surface area is 110 Å². The third kappa shape index (κ3) is 5.02. The average molecular weight is 277 g/mol. The number of nitrogens with zero attached hydrogens (tertiary/aromatic N) is 2. The van der Waals surface area contributed by atoms with Crippen LogP contribution in [0.2, 0.25) is 0 Å². The molecular formula is C12H18F3N3O. The van der Waals surface area contributed by atoms with Gasteiger partial charge in [-0.1, -0.05) is 6.92 Å². The first-order chi connectivity index (χ1) is 8.87. The fourth-order valence-corrected chi connectivity index (χ4v) is 1.67. The number of hydrogen-bond donors (Lipinski definition) is 1. The van der Waals surface area contributed by atoms with Gasteiger partial charge in [-0.2, -0.15) is 13.2 Å². The van der Waals surface area contributed by atoms with Crippen LogP contribution < -0.4 is 5.32 Å². The zero-order valence-electron chi connectivity index (χ0n) is 11.3. The Hall–Kier alpha value is -1.37. The Morgan fingerprint density at radius 3 is 2.47 bits per heavy atom. The summed E-state index contributed by atoms with van der Waals surface area (Å²) in [6.07, 6.45) is -3.28. The number of aryl methyl sites for hydroxylation is 1. The van der Waals surface area contributed by atoms with Gasteiger partial charge in [0.25, 0.3) is 0 Å². The quantitative estimate of drug-likeness (QED) is 0.812. The molecule has 1 rings (SSSR count). The molecule has 4 nitrogen and oxygen atoms in total. The number of hydrogen-bond acceptors (Lipinski definition) is 4. The molecule has 0 spiro atoms. The summed E-state index contributed by atoms with van der Waals surface area (Å²) in [6.45, 7) is 2.60. The summed E-state index contributed by atoms with van der Waals surface area (Å²) in [6, 6.07) is 0. The summed E-state index contributed by atoms with van der Waals surface area (Å²) in [7, 11) is 1.75. The third-order valence-corrected chi connectivity index (χ3v) is 2.60. The van der Waals surface area contributed by atoms with Gasteiger partial charge in [0, 0.05) is 24.7 Å². The number of halogens is 3. The first-order valence-corrected chi connectivity index (χ1v) is 6.06. The van der Waals surface area contributed by atoms with Gasteiger partial charge < -0.3 is 10.1 Å². The van der Waals surface area contributed by atoms with Crippen molar-refractivity contribution in [2.24, 2.45) is 0 Å². The molecule has 1 heterocycles. The summed E-state index contributed by atoms with van der Waals surface area (Å²) in [5.41, 5.74) is 1.86. The van der Waals surface area contributed by atoms with Gasteiger partial charge in [-0.25, -0.2) is 9.97 Å². The molecule has 0 atom stereocenters. The molecule has 0 unspecified atom stereocenters. The highest BCUT2D eigenvalue weighted by Gasteiger charge is 2.27. The van der Waals surface area contributed by atoms with E-state index in [1.54, 1.807) is 7.05 Å². The van der Waals surface area contributed by atoms with Crippen LogP contribution in [-0.2, 0) is 17.6 Å². The number of nitrogens with one attached hydrogen (secondary N) is 1. The number of aromatic nitrogens is 2. The molecule has 0 saturated carbocycles. The topological polar surface area (TPSA) is 47.0 Å². The average Bonchev–Trinajstić information content (AvgIpc) is 2.35. The maximum Gasteiger partial charge on any atom is 0.411 e. The molecule has 0 radical (unpaired) electrons. The number of anilines is 1. The third-order valence-electron chi connectivity index (χ3n) is 2.60. The second-order valence-electron chi connectivity index (χ2n) is 4.08. The van der Waals surface area contributed by atoms with E-state index >= 15 is 0 Å². The lowest BCUT2D eigenvalue weighted by Crippen LogP contribution is -2.18. The lowest BCUT2D eigenvalue weighted by Gasteiger charge is -2.11. The fraction of sp³-hybridized carbons (Fsp3) is 0.667. The molecule has 1 aromatic heterocycles. The molecule has 0 saturated heterocycles. The molecule has 1 N–H and O–H groups in total. The van der Waals surface area contributed by atoms with Gasteiger partial charge in [0.05, 0.1) is 6.61 Å². The van der Waals surface area contributed by atoms with Crippen molar-refractivity contribution in [3.05, 3.63) is 17.1 Å². The van der Waals surface area contributed by atoms with Crippen molar-refractivity contribution < 1.29 is 17.9 Å². The lowest BCUT2D eigenvalue weighted by molar-refractivity contribution is -0.173. The number of rotatable bonds is 6. The van der Waals surface area contributed by atoms with Crippen LogP contribution in [-0.4, -0.2) is 36.4 Å². The van der Waals surface area contributed by atoms with Crippen LogP contribution in [0.15, 0.2) is 0 Å². The van der Waals surface area contributed by atoms with Gasteiger partial charge in [0.1, 0.15) is 18.2 Å². The first kappa shape index (κ1) is 15.7. The van der Waals surface area contributed by atoms with Crippen molar-refractivity contribution in [2.75, 3.05) is 25.6 Å². The van der Waals surface area contributed by atoms with E-state index < -0.39 is 12.8 Å². The van der Waals surface area contributed by atoms with Crippen molar-refractivity contribution in [1.82, 2.24) is 9.97 Å². The second-order valence-corrected chi connectivity index (χ2v) is 4.08. The molecule has 0 aliphatic heterocycles. The van der Waals surface area contributed by atoms with Gasteiger partial charge in [0.2, 0.25) is 0 Å². The van der Waals surface area contributed by atoms with E-state index in [-0.39, 0.29) is 13.0 Å². The van der Waals surface area contributed by atoms with E-state index in [9.17, 15) is 13.2 Å². The summed E-state index contributed by atoms with van der Waals surface area (Å²) in [5, 5.41) is 2.95. The van der Waals surface area contributed by atoms with E-state index in [1.807, 2.05) is 13.8 Å². The lowest BCUT2D eigenvalue weighted by atomic mass is 10.2. The predicted molar refractivity (Wildman–Crippen MR) is 66.3 cm³/mol. The summed E-state index contributed by atoms with van der Waals surface area (Å²) < 4.78 is 40.3. The van der Waals surface area contributed by atoms with E-state index in [4.69, 9.17) is 0 Å². The normalized spacial score (nSPS) is 11.7. The summed E-state index contributed by atoms with van der Waals surface area (Å²) in [4.78, 5) is 8.57. The highest BCUT2D eigenvalue weighted by Crippen LogP contribution is 2.17. The number of alkyl halides is 3. The summed E-state index contributed by atoms with van der Waals surface area (Å²) >= 11 is 0. The molecule has 19 heavy (non-hydrogen) atoms. The van der Waals surface area contributed by atoms with Gasteiger partial charge >= 0.3 is 6.18 Å². The van der Waals surface area contributed by atoms with Crippen LogP contribution in [0.4, 0.5) is 19.0 Å². The van der Waals surface area contributed by atoms with Crippen LogP contribution in [0.5, 0.6) is 0 Å². The molecule has 0 bridgehead atoms. The Morgan fingerprint density at radius 1 is 1.26 bits per heavy atom. The zero-order valence-corrected chi connectivity index (χ0v) is 11.3. The minimum Gasteiger partial charge on any atom is -0.373 e. The Kier molecular flexibility index (Phi) is 5.53. The monoisotopic (exact) mass is 277 g/mol. The molecule has 0 aromatic carbocycles. The van der Waals surface area contributed by atoms with Gasteiger partial charge in [-0.3, -0.25) is 0 Å². The van der Waals surface area contributed by atoms with Crippen molar-refractivity contribution in [3.63, 3.8) is 0 Å². The second kappa shape index (κ2) is 6.70. The van der Waals surface area contributed by atoms with Gasteiger partial charge in [-0.15, -0.1) is 0 Å². The highest BCUT2D eigenvalue weighted by molar-refractivity contribution is 5.45. The minimum atomic E-state index is -4.29. The van der Waals surface area contributed by atoms with Gasteiger partial charge in [-0.05, 0) is 13.3 Å². The maximum atomic E-state index is 11.9.